The Balaban J connectivity index is 1.81. The topological polar surface area (TPSA) is 9.23 Å². The molecule has 26 heavy (non-hydrogen) atoms. The van der Waals surface area contributed by atoms with Crippen LogP contribution in [-0.2, 0) is 10.9 Å². The van der Waals surface area contributed by atoms with Crippen LogP contribution in [0.5, 0.6) is 0 Å². The first-order valence-electron chi connectivity index (χ1n) is 8.61. The molecule has 1 saturated heterocycles. The van der Waals surface area contributed by atoms with Crippen molar-refractivity contribution in [3.8, 4) is 11.1 Å². The molecule has 1 fully saturated rings. The van der Waals surface area contributed by atoms with Crippen LogP contribution in [0, 0.1) is 11.6 Å². The Labute approximate surface area is 148 Å². The van der Waals surface area contributed by atoms with Crippen molar-refractivity contribution < 1.29 is 26.7 Å². The van der Waals surface area contributed by atoms with Gasteiger partial charge in [-0.2, -0.15) is 13.2 Å². The molecule has 0 spiro atoms. The van der Waals surface area contributed by atoms with E-state index in [2.05, 4.69) is 6.92 Å². The van der Waals surface area contributed by atoms with E-state index in [4.69, 9.17) is 4.74 Å². The summed E-state index contributed by atoms with van der Waals surface area (Å²) in [5.74, 6) is -3.23. The molecule has 2 aromatic carbocycles. The summed E-state index contributed by atoms with van der Waals surface area (Å²) >= 11 is 0. The van der Waals surface area contributed by atoms with Gasteiger partial charge in [-0.05, 0) is 48.1 Å². The monoisotopic (exact) mass is 370 g/mol. The van der Waals surface area contributed by atoms with E-state index >= 15 is 0 Å². The molecule has 1 aliphatic rings. The van der Waals surface area contributed by atoms with Gasteiger partial charge >= 0.3 is 6.18 Å². The van der Waals surface area contributed by atoms with Crippen LogP contribution in [0.25, 0.3) is 11.1 Å². The van der Waals surface area contributed by atoms with Crippen molar-refractivity contribution in [1.29, 1.82) is 0 Å². The van der Waals surface area contributed by atoms with Gasteiger partial charge in [-0.1, -0.05) is 37.6 Å². The smallest absolute Gasteiger partial charge is 0.370 e. The zero-order valence-corrected chi connectivity index (χ0v) is 14.2. The number of hydrogen-bond acceptors (Lipinski definition) is 1. The van der Waals surface area contributed by atoms with Gasteiger partial charge in [0.2, 0.25) is 0 Å². The molecule has 0 aliphatic carbocycles. The van der Waals surface area contributed by atoms with E-state index in [9.17, 15) is 22.0 Å². The first-order valence-corrected chi connectivity index (χ1v) is 8.61. The maximum absolute atomic E-state index is 13.8. The molecule has 1 heterocycles. The van der Waals surface area contributed by atoms with E-state index in [0.717, 1.165) is 31.2 Å². The molecule has 0 radical (unpaired) electrons. The molecule has 2 aromatic rings. The summed E-state index contributed by atoms with van der Waals surface area (Å²) in [5, 5.41) is 0. The number of alkyl halides is 3. The van der Waals surface area contributed by atoms with Crippen molar-refractivity contribution in [1.82, 2.24) is 0 Å². The lowest BCUT2D eigenvalue weighted by Gasteiger charge is -2.14. The minimum Gasteiger partial charge on any atom is -0.370 e. The minimum atomic E-state index is -5.06. The maximum atomic E-state index is 13.8. The van der Waals surface area contributed by atoms with Gasteiger partial charge in [-0.25, -0.2) is 8.78 Å². The normalized spacial score (nSPS) is 20.5. The fourth-order valence-corrected chi connectivity index (χ4v) is 3.39. The van der Waals surface area contributed by atoms with E-state index in [0.29, 0.717) is 17.7 Å². The highest BCUT2D eigenvalue weighted by atomic mass is 19.4. The van der Waals surface area contributed by atoms with E-state index in [1.807, 2.05) is 0 Å². The predicted molar refractivity (Wildman–Crippen MR) is 88.6 cm³/mol. The Morgan fingerprint density at radius 3 is 2.12 bits per heavy atom. The van der Waals surface area contributed by atoms with Crippen LogP contribution >= 0.6 is 0 Å². The van der Waals surface area contributed by atoms with Crippen molar-refractivity contribution in [2.45, 2.75) is 51.0 Å². The Hall–Kier alpha value is -1.95. The highest BCUT2D eigenvalue weighted by Gasteiger charge is 2.38. The molecule has 0 bridgehead atoms. The lowest BCUT2D eigenvalue weighted by Crippen LogP contribution is -2.11. The molecule has 3 rings (SSSR count). The summed E-state index contributed by atoms with van der Waals surface area (Å²) in [5.41, 5.74) is -0.390. The third-order valence-electron chi connectivity index (χ3n) is 4.66. The Morgan fingerprint density at radius 1 is 0.962 bits per heavy atom. The van der Waals surface area contributed by atoms with Gasteiger partial charge in [0.1, 0.15) is 17.2 Å². The minimum absolute atomic E-state index is 0.0123. The SMILES string of the molecule is CCCC1CCC(c2ccc(-c3cc(F)c(C(F)(F)F)c(F)c3)cc2)O1. The van der Waals surface area contributed by atoms with Crippen LogP contribution in [0.2, 0.25) is 0 Å². The van der Waals surface area contributed by atoms with Gasteiger partial charge in [0.25, 0.3) is 0 Å². The van der Waals surface area contributed by atoms with Crippen molar-refractivity contribution in [2.75, 3.05) is 0 Å². The van der Waals surface area contributed by atoms with Gasteiger partial charge < -0.3 is 4.74 Å². The summed E-state index contributed by atoms with van der Waals surface area (Å²) in [6.45, 7) is 2.10. The average molecular weight is 370 g/mol. The first-order chi connectivity index (χ1) is 12.3. The van der Waals surface area contributed by atoms with Gasteiger partial charge in [0.05, 0.1) is 12.2 Å². The fourth-order valence-electron chi connectivity index (χ4n) is 3.39. The summed E-state index contributed by atoms with van der Waals surface area (Å²) in [7, 11) is 0. The van der Waals surface area contributed by atoms with E-state index < -0.39 is 23.4 Å². The van der Waals surface area contributed by atoms with Gasteiger partial charge in [-0.3, -0.25) is 0 Å². The third-order valence-corrected chi connectivity index (χ3v) is 4.66. The zero-order valence-electron chi connectivity index (χ0n) is 14.2. The van der Waals surface area contributed by atoms with Crippen LogP contribution in [0.4, 0.5) is 22.0 Å². The molecule has 0 amide bonds. The molecule has 1 nitrogen and oxygen atoms in total. The molecular formula is C20H19F5O. The largest absolute Gasteiger partial charge is 0.422 e. The van der Waals surface area contributed by atoms with Gasteiger partial charge in [0.15, 0.2) is 0 Å². The number of benzene rings is 2. The molecule has 0 saturated carbocycles. The number of hydrogen-bond donors (Lipinski definition) is 0. The molecule has 0 aromatic heterocycles. The summed E-state index contributed by atoms with van der Waals surface area (Å²) in [4.78, 5) is 0. The quantitative estimate of drug-likeness (QED) is 0.546. The van der Waals surface area contributed by atoms with Crippen molar-refractivity contribution >= 4 is 0 Å². The lowest BCUT2D eigenvalue weighted by molar-refractivity contribution is -0.142. The third kappa shape index (κ3) is 3.90. The Bertz CT molecular complexity index is 744. The van der Waals surface area contributed by atoms with Crippen molar-refractivity contribution in [3.05, 3.63) is 59.2 Å². The summed E-state index contributed by atoms with van der Waals surface area (Å²) in [6.07, 6.45) is -0.848. The van der Waals surface area contributed by atoms with Crippen molar-refractivity contribution in [3.63, 3.8) is 0 Å². The Kier molecular flexibility index (Phi) is 5.32. The standard InChI is InChI=1S/C20H19F5O/c1-2-3-15-8-9-18(26-15)13-6-4-12(5-7-13)14-10-16(21)19(17(22)11-14)20(23,24)25/h4-7,10-11,15,18H,2-3,8-9H2,1H3. The number of rotatable bonds is 4. The highest BCUT2D eigenvalue weighted by molar-refractivity contribution is 5.64. The van der Waals surface area contributed by atoms with E-state index in [1.165, 1.54) is 0 Å². The molecule has 6 heteroatoms. The average Bonchev–Trinajstić information content (AvgIpc) is 3.02. The van der Waals surface area contributed by atoms with E-state index in [1.54, 1.807) is 24.3 Å². The number of ether oxygens (including phenoxy) is 1. The van der Waals surface area contributed by atoms with E-state index in [-0.39, 0.29) is 17.8 Å². The molecule has 2 atom stereocenters. The zero-order chi connectivity index (χ0) is 18.9. The number of halogens is 5. The molecule has 1 aliphatic heterocycles. The molecule has 0 N–H and O–H groups in total. The lowest BCUT2D eigenvalue weighted by atomic mass is 9.99. The van der Waals surface area contributed by atoms with Crippen LogP contribution in [-0.4, -0.2) is 6.10 Å². The van der Waals surface area contributed by atoms with Gasteiger partial charge in [-0.15, -0.1) is 0 Å². The molecular weight excluding hydrogens is 351 g/mol. The second kappa shape index (κ2) is 7.35. The molecule has 2 unspecified atom stereocenters. The maximum Gasteiger partial charge on any atom is 0.422 e. The predicted octanol–water partition coefficient (Wildman–Crippen LogP) is 6.67. The summed E-state index contributed by atoms with van der Waals surface area (Å²) < 4.78 is 71.5. The highest BCUT2D eigenvalue weighted by Crippen LogP contribution is 2.37. The molecule has 140 valence electrons. The fraction of sp³-hybridized carbons (Fsp3) is 0.400. The van der Waals surface area contributed by atoms with Crippen LogP contribution in [0.3, 0.4) is 0 Å². The van der Waals surface area contributed by atoms with Crippen LogP contribution < -0.4 is 0 Å². The Morgan fingerprint density at radius 2 is 1.58 bits per heavy atom. The second-order valence-corrected chi connectivity index (χ2v) is 6.55. The first kappa shape index (κ1) is 18.8. The summed E-state index contributed by atoms with van der Waals surface area (Å²) in [6, 6.07) is 8.30. The van der Waals surface area contributed by atoms with Crippen molar-refractivity contribution in [2.24, 2.45) is 0 Å². The van der Waals surface area contributed by atoms with Gasteiger partial charge in [0, 0.05) is 0 Å². The second-order valence-electron chi connectivity index (χ2n) is 6.55. The van der Waals surface area contributed by atoms with Crippen LogP contribution in [0.15, 0.2) is 36.4 Å². The van der Waals surface area contributed by atoms with Crippen LogP contribution in [0.1, 0.15) is 49.8 Å².